The molecular formula is C11H15BrN2. The van der Waals surface area contributed by atoms with Gasteiger partial charge in [0.25, 0.3) is 0 Å². The Morgan fingerprint density at radius 1 is 1.43 bits per heavy atom. The molecule has 0 atom stereocenters. The van der Waals surface area contributed by atoms with Gasteiger partial charge in [0, 0.05) is 23.6 Å². The number of para-hydroxylation sites is 1. The van der Waals surface area contributed by atoms with E-state index in [0.717, 1.165) is 13.1 Å². The molecule has 1 aromatic carbocycles. The lowest BCUT2D eigenvalue weighted by Crippen LogP contribution is -2.39. The van der Waals surface area contributed by atoms with Crippen LogP contribution in [0.3, 0.4) is 0 Å². The monoisotopic (exact) mass is 254 g/mol. The molecule has 1 aliphatic heterocycles. The largest absolute Gasteiger partial charge is 0.382 e. The Bertz CT molecular complexity index is 336. The second kappa shape index (κ2) is 3.81. The van der Waals surface area contributed by atoms with E-state index in [0.29, 0.717) is 6.04 Å². The fraction of sp³-hybridized carbons (Fsp3) is 0.455. The number of hydrogen-bond acceptors (Lipinski definition) is 2. The molecule has 76 valence electrons. The van der Waals surface area contributed by atoms with Crippen LogP contribution in [0.1, 0.15) is 13.8 Å². The van der Waals surface area contributed by atoms with Crippen molar-refractivity contribution in [1.29, 1.82) is 0 Å². The number of fused-ring (bicyclic) bond motifs is 1. The highest BCUT2D eigenvalue weighted by Crippen LogP contribution is 2.36. The van der Waals surface area contributed by atoms with Crippen LogP contribution in [0.4, 0.5) is 11.4 Å². The average Bonchev–Trinajstić information content (AvgIpc) is 2.17. The normalized spacial score (nSPS) is 15.3. The van der Waals surface area contributed by atoms with Gasteiger partial charge in [0.05, 0.1) is 11.4 Å². The summed E-state index contributed by atoms with van der Waals surface area (Å²) in [6.45, 7) is 6.57. The van der Waals surface area contributed by atoms with Gasteiger partial charge in [-0.15, -0.1) is 0 Å². The van der Waals surface area contributed by atoms with Gasteiger partial charge in [0.15, 0.2) is 0 Å². The Morgan fingerprint density at radius 2 is 2.21 bits per heavy atom. The highest BCUT2D eigenvalue weighted by molar-refractivity contribution is 9.10. The Balaban J connectivity index is 2.47. The Morgan fingerprint density at radius 3 is 2.93 bits per heavy atom. The first-order valence-corrected chi connectivity index (χ1v) is 5.78. The highest BCUT2D eigenvalue weighted by Gasteiger charge is 2.20. The number of nitrogens with one attached hydrogen (secondary N) is 1. The minimum atomic E-state index is 0.551. The van der Waals surface area contributed by atoms with Crippen LogP contribution >= 0.6 is 15.9 Å². The van der Waals surface area contributed by atoms with Crippen LogP contribution in [0.2, 0.25) is 0 Å². The summed E-state index contributed by atoms with van der Waals surface area (Å²) < 4.78 is 1.18. The molecular weight excluding hydrogens is 240 g/mol. The third-order valence-corrected chi connectivity index (χ3v) is 3.21. The minimum absolute atomic E-state index is 0.551. The summed E-state index contributed by atoms with van der Waals surface area (Å²) in [6, 6.07) is 6.85. The summed E-state index contributed by atoms with van der Waals surface area (Å²) in [4.78, 5) is 2.43. The van der Waals surface area contributed by atoms with E-state index in [9.17, 15) is 0 Å². The van der Waals surface area contributed by atoms with E-state index < -0.39 is 0 Å². The Hall–Kier alpha value is -0.700. The van der Waals surface area contributed by atoms with Crippen molar-refractivity contribution < 1.29 is 0 Å². The number of benzene rings is 1. The Kier molecular flexibility index (Phi) is 2.68. The van der Waals surface area contributed by atoms with E-state index >= 15 is 0 Å². The molecule has 0 spiro atoms. The SMILES string of the molecule is CC(C)N1CCNc2cccc(Br)c21. The molecule has 0 aromatic heterocycles. The first-order valence-electron chi connectivity index (χ1n) is 4.99. The van der Waals surface area contributed by atoms with Crippen molar-refractivity contribution in [1.82, 2.24) is 0 Å². The van der Waals surface area contributed by atoms with Crippen molar-refractivity contribution in [3.05, 3.63) is 22.7 Å². The van der Waals surface area contributed by atoms with Crippen molar-refractivity contribution in [3.8, 4) is 0 Å². The molecule has 0 amide bonds. The lowest BCUT2D eigenvalue weighted by Gasteiger charge is -2.36. The van der Waals surface area contributed by atoms with Gasteiger partial charge in [0.2, 0.25) is 0 Å². The van der Waals surface area contributed by atoms with Crippen LogP contribution in [0.5, 0.6) is 0 Å². The zero-order valence-electron chi connectivity index (χ0n) is 8.55. The lowest BCUT2D eigenvalue weighted by molar-refractivity contribution is 0.680. The smallest absolute Gasteiger partial charge is 0.0749 e. The first-order chi connectivity index (χ1) is 6.70. The average molecular weight is 255 g/mol. The minimum Gasteiger partial charge on any atom is -0.382 e. The third kappa shape index (κ3) is 1.61. The maximum absolute atomic E-state index is 3.61. The molecule has 2 rings (SSSR count). The van der Waals surface area contributed by atoms with E-state index in [2.05, 4.69) is 58.2 Å². The number of anilines is 2. The van der Waals surface area contributed by atoms with Gasteiger partial charge < -0.3 is 10.2 Å². The van der Waals surface area contributed by atoms with Crippen molar-refractivity contribution in [2.75, 3.05) is 23.3 Å². The number of hydrogen-bond donors (Lipinski definition) is 1. The fourth-order valence-electron chi connectivity index (χ4n) is 1.89. The number of nitrogens with zero attached hydrogens (tertiary/aromatic N) is 1. The molecule has 0 bridgehead atoms. The standard InChI is InChI=1S/C11H15BrN2/c1-8(2)14-7-6-13-10-5-3-4-9(12)11(10)14/h3-5,8,13H,6-7H2,1-2H3. The summed E-state index contributed by atoms with van der Waals surface area (Å²) in [6.07, 6.45) is 0. The summed E-state index contributed by atoms with van der Waals surface area (Å²) in [7, 11) is 0. The van der Waals surface area contributed by atoms with Gasteiger partial charge in [-0.1, -0.05) is 6.07 Å². The number of halogens is 1. The second-order valence-corrected chi connectivity index (χ2v) is 4.70. The molecule has 0 radical (unpaired) electrons. The molecule has 1 aliphatic rings. The van der Waals surface area contributed by atoms with Crippen molar-refractivity contribution in [3.63, 3.8) is 0 Å². The van der Waals surface area contributed by atoms with E-state index in [1.54, 1.807) is 0 Å². The van der Waals surface area contributed by atoms with Crippen molar-refractivity contribution >= 4 is 27.3 Å². The molecule has 2 nitrogen and oxygen atoms in total. The van der Waals surface area contributed by atoms with E-state index in [1.165, 1.54) is 15.8 Å². The highest BCUT2D eigenvalue weighted by atomic mass is 79.9. The van der Waals surface area contributed by atoms with Gasteiger partial charge in [-0.25, -0.2) is 0 Å². The van der Waals surface area contributed by atoms with E-state index in [4.69, 9.17) is 0 Å². The Labute approximate surface area is 93.4 Å². The molecule has 1 N–H and O–H groups in total. The van der Waals surface area contributed by atoms with Crippen LogP contribution in [0, 0.1) is 0 Å². The molecule has 3 heteroatoms. The zero-order chi connectivity index (χ0) is 10.1. The van der Waals surface area contributed by atoms with Gasteiger partial charge in [0.1, 0.15) is 0 Å². The molecule has 0 fully saturated rings. The summed E-state index contributed by atoms with van der Waals surface area (Å²) in [5.74, 6) is 0. The summed E-state index contributed by atoms with van der Waals surface area (Å²) in [5.41, 5.74) is 2.54. The maximum atomic E-state index is 3.61. The molecule has 0 saturated heterocycles. The molecule has 0 unspecified atom stereocenters. The molecule has 14 heavy (non-hydrogen) atoms. The molecule has 0 saturated carbocycles. The zero-order valence-corrected chi connectivity index (χ0v) is 10.1. The van der Waals surface area contributed by atoms with Gasteiger partial charge in [-0.3, -0.25) is 0 Å². The predicted octanol–water partition coefficient (Wildman–Crippen LogP) is 3.09. The maximum Gasteiger partial charge on any atom is 0.0749 e. The second-order valence-electron chi connectivity index (χ2n) is 3.85. The van der Waals surface area contributed by atoms with Crippen molar-refractivity contribution in [2.24, 2.45) is 0 Å². The molecule has 1 heterocycles. The number of rotatable bonds is 1. The molecule has 0 aliphatic carbocycles. The first kappa shape index (κ1) is 9.84. The van der Waals surface area contributed by atoms with Crippen molar-refractivity contribution in [2.45, 2.75) is 19.9 Å². The van der Waals surface area contributed by atoms with Crippen LogP contribution in [0.25, 0.3) is 0 Å². The van der Waals surface area contributed by atoms with Crippen LogP contribution < -0.4 is 10.2 Å². The topological polar surface area (TPSA) is 15.3 Å². The van der Waals surface area contributed by atoms with Crippen LogP contribution in [0.15, 0.2) is 22.7 Å². The van der Waals surface area contributed by atoms with Gasteiger partial charge in [-0.2, -0.15) is 0 Å². The third-order valence-electron chi connectivity index (χ3n) is 2.57. The summed E-state index contributed by atoms with van der Waals surface area (Å²) in [5, 5.41) is 3.42. The van der Waals surface area contributed by atoms with Crippen LogP contribution in [-0.2, 0) is 0 Å². The fourth-order valence-corrected chi connectivity index (χ4v) is 2.48. The van der Waals surface area contributed by atoms with E-state index in [1.807, 2.05) is 0 Å². The van der Waals surface area contributed by atoms with Crippen LogP contribution in [-0.4, -0.2) is 19.1 Å². The predicted molar refractivity (Wildman–Crippen MR) is 65.1 cm³/mol. The van der Waals surface area contributed by atoms with Gasteiger partial charge >= 0.3 is 0 Å². The molecule has 1 aromatic rings. The lowest BCUT2D eigenvalue weighted by atomic mass is 10.1. The quantitative estimate of drug-likeness (QED) is 0.829. The van der Waals surface area contributed by atoms with Gasteiger partial charge in [-0.05, 0) is 41.9 Å². The summed E-state index contributed by atoms with van der Waals surface area (Å²) >= 11 is 3.61. The van der Waals surface area contributed by atoms with E-state index in [-0.39, 0.29) is 0 Å².